The van der Waals surface area contributed by atoms with Gasteiger partial charge < -0.3 is 5.32 Å². The molecule has 2 aromatic carbocycles. The van der Waals surface area contributed by atoms with Gasteiger partial charge in [0.2, 0.25) is 0 Å². The van der Waals surface area contributed by atoms with Crippen LogP contribution in [-0.4, -0.2) is 6.04 Å². The van der Waals surface area contributed by atoms with Gasteiger partial charge in [0.05, 0.1) is 0 Å². The SMILES string of the molecule is Cc1cc(F)ccc1C1CC(C)Nc2ccccc21. The van der Waals surface area contributed by atoms with Crippen molar-refractivity contribution in [1.29, 1.82) is 0 Å². The zero-order valence-corrected chi connectivity index (χ0v) is 11.3. The van der Waals surface area contributed by atoms with E-state index in [4.69, 9.17) is 0 Å². The second-order valence-electron chi connectivity index (χ2n) is 5.42. The Bertz CT molecular complexity index is 606. The molecule has 3 rings (SSSR count). The van der Waals surface area contributed by atoms with Crippen LogP contribution < -0.4 is 5.32 Å². The minimum Gasteiger partial charge on any atom is -0.382 e. The Balaban J connectivity index is 2.10. The molecule has 0 aromatic heterocycles. The molecule has 1 aliphatic rings. The average Bonchev–Trinajstić information content (AvgIpc) is 2.38. The lowest BCUT2D eigenvalue weighted by atomic mass is 9.81. The van der Waals surface area contributed by atoms with Crippen LogP contribution in [0.5, 0.6) is 0 Å². The molecule has 19 heavy (non-hydrogen) atoms. The van der Waals surface area contributed by atoms with Crippen LogP contribution in [0.25, 0.3) is 0 Å². The highest BCUT2D eigenvalue weighted by Crippen LogP contribution is 2.39. The smallest absolute Gasteiger partial charge is 0.123 e. The summed E-state index contributed by atoms with van der Waals surface area (Å²) < 4.78 is 13.3. The van der Waals surface area contributed by atoms with E-state index in [0.29, 0.717) is 12.0 Å². The zero-order chi connectivity index (χ0) is 13.4. The fourth-order valence-corrected chi connectivity index (χ4v) is 3.06. The molecule has 0 spiro atoms. The van der Waals surface area contributed by atoms with E-state index in [1.165, 1.54) is 16.8 Å². The van der Waals surface area contributed by atoms with Crippen LogP contribution in [0.15, 0.2) is 42.5 Å². The van der Waals surface area contributed by atoms with Crippen LogP contribution in [0, 0.1) is 12.7 Å². The summed E-state index contributed by atoms with van der Waals surface area (Å²) in [5, 5.41) is 3.52. The second kappa shape index (κ2) is 4.69. The van der Waals surface area contributed by atoms with Gasteiger partial charge in [-0.25, -0.2) is 4.39 Å². The summed E-state index contributed by atoms with van der Waals surface area (Å²) in [7, 11) is 0. The summed E-state index contributed by atoms with van der Waals surface area (Å²) in [4.78, 5) is 0. The third-order valence-electron chi connectivity index (χ3n) is 3.93. The first-order valence-electron chi connectivity index (χ1n) is 6.76. The summed E-state index contributed by atoms with van der Waals surface area (Å²) in [5.74, 6) is 0.199. The molecule has 1 N–H and O–H groups in total. The van der Waals surface area contributed by atoms with Crippen molar-refractivity contribution in [1.82, 2.24) is 0 Å². The molecule has 2 heteroatoms. The maximum absolute atomic E-state index is 13.3. The fraction of sp³-hybridized carbons (Fsp3) is 0.294. The molecule has 0 bridgehead atoms. The number of fused-ring (bicyclic) bond motifs is 1. The van der Waals surface area contributed by atoms with Crippen LogP contribution in [0.1, 0.15) is 36.0 Å². The Morgan fingerprint density at radius 3 is 2.68 bits per heavy atom. The van der Waals surface area contributed by atoms with E-state index in [1.54, 1.807) is 12.1 Å². The van der Waals surface area contributed by atoms with Gasteiger partial charge in [-0.05, 0) is 55.2 Å². The summed E-state index contributed by atoms with van der Waals surface area (Å²) in [6.45, 7) is 4.19. The minimum atomic E-state index is -0.156. The van der Waals surface area contributed by atoms with Gasteiger partial charge in [-0.1, -0.05) is 24.3 Å². The van der Waals surface area contributed by atoms with Crippen molar-refractivity contribution in [2.24, 2.45) is 0 Å². The number of halogens is 1. The normalized spacial score (nSPS) is 21.6. The summed E-state index contributed by atoms with van der Waals surface area (Å²) in [6, 6.07) is 14.0. The molecule has 2 aromatic rings. The summed E-state index contributed by atoms with van der Waals surface area (Å²) in [5.41, 5.74) is 4.79. The van der Waals surface area contributed by atoms with Crippen LogP contribution >= 0.6 is 0 Å². The molecule has 0 aliphatic carbocycles. The van der Waals surface area contributed by atoms with Crippen molar-refractivity contribution in [2.45, 2.75) is 32.2 Å². The van der Waals surface area contributed by atoms with E-state index >= 15 is 0 Å². The number of aryl methyl sites for hydroxylation is 1. The molecule has 0 fully saturated rings. The number of hydrogen-bond acceptors (Lipinski definition) is 1. The maximum Gasteiger partial charge on any atom is 0.123 e. The lowest BCUT2D eigenvalue weighted by molar-refractivity contribution is 0.603. The molecule has 1 aliphatic heterocycles. The van der Waals surface area contributed by atoms with Gasteiger partial charge in [-0.15, -0.1) is 0 Å². The monoisotopic (exact) mass is 255 g/mol. The van der Waals surface area contributed by atoms with E-state index in [9.17, 15) is 4.39 Å². The number of anilines is 1. The molecular weight excluding hydrogens is 237 g/mol. The lowest BCUT2D eigenvalue weighted by Crippen LogP contribution is -2.26. The third kappa shape index (κ3) is 2.23. The van der Waals surface area contributed by atoms with E-state index in [-0.39, 0.29) is 5.82 Å². The Labute approximate surface area is 113 Å². The Morgan fingerprint density at radius 1 is 1.11 bits per heavy atom. The van der Waals surface area contributed by atoms with Gasteiger partial charge in [0, 0.05) is 17.6 Å². The van der Waals surface area contributed by atoms with Crippen molar-refractivity contribution >= 4 is 5.69 Å². The topological polar surface area (TPSA) is 12.0 Å². The first-order chi connectivity index (χ1) is 9.15. The third-order valence-corrected chi connectivity index (χ3v) is 3.93. The second-order valence-corrected chi connectivity index (χ2v) is 5.42. The minimum absolute atomic E-state index is 0.156. The van der Waals surface area contributed by atoms with Crippen LogP contribution in [0.3, 0.4) is 0 Å². The fourth-order valence-electron chi connectivity index (χ4n) is 3.06. The quantitative estimate of drug-likeness (QED) is 0.792. The maximum atomic E-state index is 13.3. The van der Waals surface area contributed by atoms with Crippen molar-refractivity contribution in [3.63, 3.8) is 0 Å². The number of nitrogens with one attached hydrogen (secondary N) is 1. The summed E-state index contributed by atoms with van der Waals surface area (Å²) in [6.07, 6.45) is 1.05. The molecule has 0 radical (unpaired) electrons. The molecule has 2 unspecified atom stereocenters. The number of rotatable bonds is 1. The van der Waals surface area contributed by atoms with Crippen molar-refractivity contribution in [3.05, 3.63) is 65.0 Å². The molecule has 0 amide bonds. The van der Waals surface area contributed by atoms with E-state index < -0.39 is 0 Å². The predicted molar refractivity (Wildman–Crippen MR) is 77.1 cm³/mol. The standard InChI is InChI=1S/C17H18FN/c1-11-9-13(18)7-8-14(11)16-10-12(2)19-17-6-4-3-5-15(16)17/h3-9,12,16,19H,10H2,1-2H3. The highest BCUT2D eigenvalue weighted by molar-refractivity contribution is 5.58. The van der Waals surface area contributed by atoms with Gasteiger partial charge in [0.15, 0.2) is 0 Å². The summed E-state index contributed by atoms with van der Waals surface area (Å²) >= 11 is 0. The van der Waals surface area contributed by atoms with Crippen molar-refractivity contribution in [3.8, 4) is 0 Å². The van der Waals surface area contributed by atoms with E-state index in [1.807, 2.05) is 13.0 Å². The average molecular weight is 255 g/mol. The Morgan fingerprint density at radius 2 is 1.89 bits per heavy atom. The van der Waals surface area contributed by atoms with Crippen molar-refractivity contribution < 1.29 is 4.39 Å². The molecule has 1 heterocycles. The lowest BCUT2D eigenvalue weighted by Gasteiger charge is -2.32. The largest absolute Gasteiger partial charge is 0.382 e. The number of hydrogen-bond donors (Lipinski definition) is 1. The van der Waals surface area contributed by atoms with Crippen molar-refractivity contribution in [2.75, 3.05) is 5.32 Å². The first kappa shape index (κ1) is 12.2. The van der Waals surface area contributed by atoms with Gasteiger partial charge >= 0.3 is 0 Å². The van der Waals surface area contributed by atoms with Gasteiger partial charge in [-0.3, -0.25) is 0 Å². The van der Waals surface area contributed by atoms with Gasteiger partial charge in [0.25, 0.3) is 0 Å². The molecule has 98 valence electrons. The molecule has 0 saturated carbocycles. The van der Waals surface area contributed by atoms with Gasteiger partial charge in [0.1, 0.15) is 5.82 Å². The Hall–Kier alpha value is -1.83. The highest BCUT2D eigenvalue weighted by Gasteiger charge is 2.26. The number of para-hydroxylation sites is 1. The van der Waals surface area contributed by atoms with Crippen LogP contribution in [0.2, 0.25) is 0 Å². The molecular formula is C17H18FN. The predicted octanol–water partition coefficient (Wildman–Crippen LogP) is 4.47. The molecule has 0 saturated heterocycles. The zero-order valence-electron chi connectivity index (χ0n) is 11.3. The van der Waals surface area contributed by atoms with Crippen LogP contribution in [-0.2, 0) is 0 Å². The van der Waals surface area contributed by atoms with E-state index in [0.717, 1.165) is 12.0 Å². The Kier molecular flexibility index (Phi) is 3.02. The van der Waals surface area contributed by atoms with Gasteiger partial charge in [-0.2, -0.15) is 0 Å². The highest BCUT2D eigenvalue weighted by atomic mass is 19.1. The molecule has 1 nitrogen and oxygen atoms in total. The first-order valence-corrected chi connectivity index (χ1v) is 6.76. The van der Waals surface area contributed by atoms with Crippen LogP contribution in [0.4, 0.5) is 10.1 Å². The number of benzene rings is 2. The molecule has 2 atom stereocenters. The van der Waals surface area contributed by atoms with E-state index in [2.05, 4.69) is 36.5 Å².